The second-order valence-corrected chi connectivity index (χ2v) is 8.32. The predicted molar refractivity (Wildman–Crippen MR) is 114 cm³/mol. The van der Waals surface area contributed by atoms with E-state index in [1.165, 1.54) is 17.5 Å². The molecule has 0 atom stereocenters. The molecule has 2 N–H and O–H groups in total. The van der Waals surface area contributed by atoms with Gasteiger partial charge in [-0.05, 0) is 34.7 Å². The van der Waals surface area contributed by atoms with Crippen LogP contribution >= 0.6 is 22.9 Å². The number of anilines is 1. The lowest BCUT2D eigenvalue weighted by Crippen LogP contribution is -2.45. The van der Waals surface area contributed by atoms with Gasteiger partial charge in [0.05, 0.1) is 9.85 Å². The molecule has 0 spiro atoms. The van der Waals surface area contributed by atoms with Crippen molar-refractivity contribution >= 4 is 45.7 Å². The Morgan fingerprint density at radius 2 is 1.93 bits per heavy atom. The number of piperazine rings is 1. The zero-order valence-corrected chi connectivity index (χ0v) is 16.6. The first kappa shape index (κ1) is 18.4. The van der Waals surface area contributed by atoms with E-state index in [1.807, 2.05) is 12.1 Å². The quantitative estimate of drug-likeness (QED) is 0.707. The first-order valence-electron chi connectivity index (χ1n) is 9.02. The molecule has 0 bridgehead atoms. The third-order valence-corrected chi connectivity index (χ3v) is 5.97. The number of hydrogen-bond acceptors (Lipinski definition) is 6. The number of nitrogens with two attached hydrogens (primary N) is 1. The average molecular weight is 400 g/mol. The number of aromatic nitrogens is 2. The highest BCUT2D eigenvalue weighted by Gasteiger charge is 2.16. The summed E-state index contributed by atoms with van der Waals surface area (Å²) in [6, 6.07) is 8.28. The van der Waals surface area contributed by atoms with Gasteiger partial charge in [-0.15, -0.1) is 11.3 Å². The van der Waals surface area contributed by atoms with Crippen molar-refractivity contribution in [1.82, 2.24) is 19.8 Å². The number of halogens is 1. The van der Waals surface area contributed by atoms with E-state index in [2.05, 4.69) is 49.4 Å². The van der Waals surface area contributed by atoms with E-state index in [-0.39, 0.29) is 0 Å². The van der Waals surface area contributed by atoms with Crippen LogP contribution in [0.1, 0.15) is 11.1 Å². The fourth-order valence-corrected chi connectivity index (χ4v) is 4.22. The summed E-state index contributed by atoms with van der Waals surface area (Å²) in [5.74, 6) is 0.540. The Morgan fingerprint density at radius 3 is 2.70 bits per heavy atom. The van der Waals surface area contributed by atoms with Gasteiger partial charge in [0.25, 0.3) is 0 Å². The van der Waals surface area contributed by atoms with Crippen LogP contribution in [0, 0.1) is 0 Å². The molecule has 7 heteroatoms. The zero-order chi connectivity index (χ0) is 18.6. The maximum atomic E-state index is 5.97. The molecule has 0 saturated carbocycles. The van der Waals surface area contributed by atoms with E-state index in [0.717, 1.165) is 54.5 Å². The van der Waals surface area contributed by atoms with Crippen molar-refractivity contribution in [1.29, 1.82) is 0 Å². The minimum Gasteiger partial charge on any atom is -0.383 e. The van der Waals surface area contributed by atoms with Gasteiger partial charge in [-0.25, -0.2) is 9.97 Å². The molecule has 27 heavy (non-hydrogen) atoms. The normalized spacial score (nSPS) is 16.5. The van der Waals surface area contributed by atoms with Crippen molar-refractivity contribution in [2.75, 3.05) is 38.5 Å². The van der Waals surface area contributed by atoms with Crippen LogP contribution in [0.25, 0.3) is 17.0 Å². The van der Waals surface area contributed by atoms with Gasteiger partial charge in [-0.2, -0.15) is 0 Å². The molecule has 1 aromatic carbocycles. The van der Waals surface area contributed by atoms with Crippen molar-refractivity contribution < 1.29 is 0 Å². The van der Waals surface area contributed by atoms with E-state index in [9.17, 15) is 0 Å². The largest absolute Gasteiger partial charge is 0.383 e. The van der Waals surface area contributed by atoms with E-state index in [0.29, 0.717) is 5.82 Å². The molecular weight excluding hydrogens is 378 g/mol. The highest BCUT2D eigenvalue weighted by molar-refractivity contribution is 7.14. The molecule has 1 fully saturated rings. The summed E-state index contributed by atoms with van der Waals surface area (Å²) in [6.45, 7) is 6.23. The average Bonchev–Trinajstić information content (AvgIpc) is 3.08. The van der Waals surface area contributed by atoms with Crippen molar-refractivity contribution in [3.05, 3.63) is 57.5 Å². The maximum Gasteiger partial charge on any atom is 0.134 e. The minimum atomic E-state index is 0.540. The van der Waals surface area contributed by atoms with Crippen LogP contribution in [-0.2, 0) is 6.54 Å². The van der Waals surface area contributed by atoms with Crippen molar-refractivity contribution in [2.24, 2.45) is 0 Å². The molecule has 1 aliphatic rings. The van der Waals surface area contributed by atoms with Crippen molar-refractivity contribution in [2.45, 2.75) is 6.54 Å². The monoisotopic (exact) mass is 399 g/mol. The van der Waals surface area contributed by atoms with Crippen LogP contribution < -0.4 is 5.73 Å². The zero-order valence-electron chi connectivity index (χ0n) is 15.0. The third-order valence-electron chi connectivity index (χ3n) is 4.86. The molecule has 140 valence electrons. The molecule has 3 heterocycles. The molecule has 0 radical (unpaired) electrons. The number of nitrogens with zero attached hydrogens (tertiary/aromatic N) is 4. The van der Waals surface area contributed by atoms with Gasteiger partial charge in [0.2, 0.25) is 0 Å². The van der Waals surface area contributed by atoms with Gasteiger partial charge >= 0.3 is 0 Å². The number of hydrogen-bond donors (Lipinski definition) is 1. The molecule has 0 amide bonds. The molecule has 4 rings (SSSR count). The van der Waals surface area contributed by atoms with Crippen LogP contribution in [0.4, 0.5) is 5.82 Å². The van der Waals surface area contributed by atoms with Crippen molar-refractivity contribution in [3.8, 4) is 0 Å². The number of rotatable bonds is 5. The number of nitrogen functional groups attached to an aromatic ring is 1. The Morgan fingerprint density at radius 1 is 1.11 bits per heavy atom. The summed E-state index contributed by atoms with van der Waals surface area (Å²) in [5, 5.41) is 3.00. The third kappa shape index (κ3) is 4.65. The van der Waals surface area contributed by atoms with E-state index < -0.39 is 0 Å². The lowest BCUT2D eigenvalue weighted by molar-refractivity contribution is 0.137. The summed E-state index contributed by atoms with van der Waals surface area (Å²) >= 11 is 7.54. The van der Waals surface area contributed by atoms with Gasteiger partial charge < -0.3 is 5.73 Å². The number of thiophene rings is 1. The molecule has 0 aliphatic carbocycles. The SMILES string of the molecule is Nc1ncnc2cc(CN3CCN(CC=Cc4csc(Cl)c4)CC3)ccc12. The topological polar surface area (TPSA) is 58.3 Å². The van der Waals surface area contributed by atoms with Crippen LogP contribution in [-0.4, -0.2) is 52.5 Å². The standard InChI is InChI=1S/C20H22ClN5S/c21-19-11-16(13-27-19)2-1-5-25-6-8-26(9-7-25)12-15-3-4-17-18(10-15)23-14-24-20(17)22/h1-4,10-11,13-14H,5-9,12H2,(H2,22,23,24). The summed E-state index contributed by atoms with van der Waals surface area (Å²) in [5.41, 5.74) is 9.27. The smallest absolute Gasteiger partial charge is 0.134 e. The van der Waals surface area contributed by atoms with Gasteiger partial charge in [0, 0.05) is 44.7 Å². The Kier molecular flexibility index (Phi) is 5.69. The first-order valence-corrected chi connectivity index (χ1v) is 10.3. The predicted octanol–water partition coefficient (Wildman–Crippen LogP) is 3.76. The summed E-state index contributed by atoms with van der Waals surface area (Å²) in [7, 11) is 0. The van der Waals surface area contributed by atoms with E-state index in [1.54, 1.807) is 11.3 Å². The van der Waals surface area contributed by atoms with Gasteiger partial charge in [-0.1, -0.05) is 29.8 Å². The van der Waals surface area contributed by atoms with Crippen LogP contribution in [0.5, 0.6) is 0 Å². The fourth-order valence-electron chi connectivity index (χ4n) is 3.36. The lowest BCUT2D eigenvalue weighted by atomic mass is 10.1. The first-order chi connectivity index (χ1) is 13.2. The Balaban J connectivity index is 1.28. The minimum absolute atomic E-state index is 0.540. The van der Waals surface area contributed by atoms with E-state index in [4.69, 9.17) is 17.3 Å². The maximum absolute atomic E-state index is 5.97. The van der Waals surface area contributed by atoms with Gasteiger partial charge in [0.1, 0.15) is 12.1 Å². The second-order valence-electron chi connectivity index (χ2n) is 6.77. The van der Waals surface area contributed by atoms with Crippen LogP contribution in [0.3, 0.4) is 0 Å². The number of fused-ring (bicyclic) bond motifs is 1. The van der Waals surface area contributed by atoms with Crippen LogP contribution in [0.15, 0.2) is 42.0 Å². The molecule has 1 aliphatic heterocycles. The van der Waals surface area contributed by atoms with Gasteiger partial charge in [0.15, 0.2) is 0 Å². The molecule has 0 unspecified atom stereocenters. The summed E-state index contributed by atoms with van der Waals surface area (Å²) in [4.78, 5) is 13.4. The fraction of sp³-hybridized carbons (Fsp3) is 0.300. The van der Waals surface area contributed by atoms with E-state index >= 15 is 0 Å². The van der Waals surface area contributed by atoms with Crippen molar-refractivity contribution in [3.63, 3.8) is 0 Å². The lowest BCUT2D eigenvalue weighted by Gasteiger charge is -2.34. The summed E-state index contributed by atoms with van der Waals surface area (Å²) < 4.78 is 0.839. The highest BCUT2D eigenvalue weighted by atomic mass is 35.5. The summed E-state index contributed by atoms with van der Waals surface area (Å²) in [6.07, 6.45) is 5.90. The molecule has 1 saturated heterocycles. The van der Waals surface area contributed by atoms with Crippen LogP contribution in [0.2, 0.25) is 4.34 Å². The second kappa shape index (κ2) is 8.35. The molecular formula is C20H22ClN5S. The molecule has 5 nitrogen and oxygen atoms in total. The highest BCUT2D eigenvalue weighted by Crippen LogP contribution is 2.21. The Bertz CT molecular complexity index is 946. The van der Waals surface area contributed by atoms with Gasteiger partial charge in [-0.3, -0.25) is 9.80 Å². The molecule has 3 aromatic rings. The molecule has 2 aromatic heterocycles. The number of benzene rings is 1. The Labute approximate surface area is 168 Å². The Hall–Kier alpha value is -1.99.